The number of fused-ring (bicyclic) bond motifs is 4. The molecule has 4 aromatic heterocycles. The van der Waals surface area contributed by atoms with Gasteiger partial charge in [-0.2, -0.15) is 0 Å². The number of aromatic nitrogens is 7. The number of aryl methyl sites for hydroxylation is 1. The molecule has 8 rings (SSSR count). The summed E-state index contributed by atoms with van der Waals surface area (Å²) in [6, 6.07) is 0. The zero-order chi connectivity index (χ0) is 34.9. The predicted molar refractivity (Wildman–Crippen MR) is 180 cm³/mol. The van der Waals surface area contributed by atoms with Crippen molar-refractivity contribution < 1.29 is 46.9 Å². The van der Waals surface area contributed by atoms with Crippen LogP contribution in [0.15, 0.2) is 30.0 Å². The van der Waals surface area contributed by atoms with Gasteiger partial charge in [-0.1, -0.05) is 24.5 Å². The molecule has 2 unspecified atom stereocenters. The molecular weight excluding hydrogens is 740 g/mol. The molecule has 0 spiro atoms. The Balaban J connectivity index is 1.10. The second-order valence-electron chi connectivity index (χ2n) is 12.1. The van der Waals surface area contributed by atoms with E-state index in [0.29, 0.717) is 11.5 Å². The maximum absolute atomic E-state index is 13.7. The molecule has 50 heavy (non-hydrogen) atoms. The Hall–Kier alpha value is -2.43. The van der Waals surface area contributed by atoms with Crippen LogP contribution in [0.25, 0.3) is 22.2 Å². The number of thiol groups is 2. The van der Waals surface area contributed by atoms with Gasteiger partial charge in [0.2, 0.25) is 0 Å². The van der Waals surface area contributed by atoms with E-state index in [1.54, 1.807) is 4.57 Å². The number of anilines is 1. The second kappa shape index (κ2) is 13.2. The monoisotopic (exact) mass is 773 g/mol. The summed E-state index contributed by atoms with van der Waals surface area (Å²) in [5.74, 6) is 0.651. The molecule has 8 heterocycles. The third-order valence-electron chi connectivity index (χ3n) is 9.01. The minimum absolute atomic E-state index is 0.0123. The molecule has 4 aromatic rings. The zero-order valence-corrected chi connectivity index (χ0v) is 29.5. The predicted octanol–water partition coefficient (Wildman–Crippen LogP) is 0.764. The van der Waals surface area contributed by atoms with Crippen LogP contribution in [0.3, 0.4) is 0 Å². The number of aliphatic hydroxyl groups is 2. The van der Waals surface area contributed by atoms with Crippen LogP contribution in [-0.4, -0.2) is 107 Å². The standard InChI is InChI=1S/C26H33N9O11P2S2/c27-3-5-33-10-32-23-16(24(33)38)31-11-35(23)26-20-17(36)13(43-26)7-41-47(39,49)45-19-14(8-42-48(40,50)46-20)44-25(18(19)37)34-6-12-2-1-4-28-21-15(12)22(34)30-9-29-21/h6,9-11,13-14,17-20,25-26,36-37H,1-5,7-8,27H2,(H,39,49)(H,40,50)(H,28,29,30)/t13-,14-,17-,18-,19-,20-,25-,26-,47?,48?/m1/s1. The van der Waals surface area contributed by atoms with Crippen molar-refractivity contribution in [1.29, 1.82) is 0 Å². The van der Waals surface area contributed by atoms with Gasteiger partial charge in [0.1, 0.15) is 60.7 Å². The highest BCUT2D eigenvalue weighted by Gasteiger charge is 2.53. The third kappa shape index (κ3) is 6.13. The first-order chi connectivity index (χ1) is 23.9. The van der Waals surface area contributed by atoms with Gasteiger partial charge in [-0.3, -0.25) is 32.0 Å². The number of ether oxygens (including phenoxy) is 2. The number of imidazole rings is 1. The Kier molecular flexibility index (Phi) is 9.15. The van der Waals surface area contributed by atoms with E-state index in [1.807, 2.05) is 6.20 Å². The lowest BCUT2D eigenvalue weighted by atomic mass is 10.1. The summed E-state index contributed by atoms with van der Waals surface area (Å²) >= 11 is 8.31. The van der Waals surface area contributed by atoms with Gasteiger partial charge in [-0.15, -0.1) is 0 Å². The van der Waals surface area contributed by atoms with Crippen molar-refractivity contribution in [2.24, 2.45) is 5.73 Å². The molecule has 0 aromatic carbocycles. The van der Waals surface area contributed by atoms with E-state index < -0.39 is 81.4 Å². The molecule has 0 amide bonds. The molecule has 4 aliphatic heterocycles. The second-order valence-corrected chi connectivity index (χ2v) is 17.9. The molecule has 3 saturated heterocycles. The normalized spacial score (nSPS) is 36.3. The van der Waals surface area contributed by atoms with Crippen LogP contribution in [0.5, 0.6) is 0 Å². The van der Waals surface area contributed by atoms with E-state index in [2.05, 4.69) is 49.7 Å². The average molecular weight is 774 g/mol. The Morgan fingerprint density at radius 1 is 0.920 bits per heavy atom. The van der Waals surface area contributed by atoms with Gasteiger partial charge in [0.25, 0.3) is 5.56 Å². The van der Waals surface area contributed by atoms with Gasteiger partial charge in [0.15, 0.2) is 23.6 Å². The van der Waals surface area contributed by atoms with Crippen molar-refractivity contribution in [3.05, 3.63) is 41.1 Å². The quantitative estimate of drug-likeness (QED) is 0.124. The van der Waals surface area contributed by atoms with E-state index in [0.717, 1.165) is 30.3 Å². The lowest BCUT2D eigenvalue weighted by molar-refractivity contribution is -0.0574. The summed E-state index contributed by atoms with van der Waals surface area (Å²) in [5, 5.41) is 26.9. The number of nitrogens with zero attached hydrogens (tertiary/aromatic N) is 7. The van der Waals surface area contributed by atoms with Gasteiger partial charge in [0.05, 0.1) is 24.9 Å². The Labute approximate surface area is 293 Å². The maximum atomic E-state index is 13.7. The van der Waals surface area contributed by atoms with Gasteiger partial charge in [-0.05, 0) is 18.4 Å². The summed E-state index contributed by atoms with van der Waals surface area (Å²) in [4.78, 5) is 30.2. The fraction of sp³-hybridized carbons (Fsp3) is 0.577. The minimum atomic E-state index is -4.36. The summed E-state index contributed by atoms with van der Waals surface area (Å²) in [7, 11) is 0. The van der Waals surface area contributed by atoms with Crippen LogP contribution in [0.1, 0.15) is 24.4 Å². The molecule has 24 heteroatoms. The Bertz CT molecular complexity index is 2100. The molecule has 4 aliphatic rings. The highest BCUT2D eigenvalue weighted by atomic mass is 32.7. The summed E-state index contributed by atoms with van der Waals surface area (Å²) in [6.45, 7) is -8.60. The largest absolute Gasteiger partial charge is 0.387 e. The number of rotatable bonds is 4. The van der Waals surface area contributed by atoms with Crippen molar-refractivity contribution >= 4 is 66.1 Å². The lowest BCUT2D eigenvalue weighted by Crippen LogP contribution is -2.35. The topological polar surface area (TPSA) is 251 Å². The van der Waals surface area contributed by atoms with Crippen molar-refractivity contribution in [2.45, 2.75) is 68.5 Å². The number of nitrogens with one attached hydrogen (secondary N) is 1. The molecule has 20 nitrogen and oxygen atoms in total. The average Bonchev–Trinajstić information content (AvgIpc) is 3.78. The molecule has 0 aliphatic carbocycles. The first kappa shape index (κ1) is 34.6. The molecule has 0 radical (unpaired) electrons. The first-order valence-electron chi connectivity index (χ1n) is 15.6. The fourth-order valence-corrected chi connectivity index (χ4v) is 9.66. The number of nitrogens with two attached hydrogens (primary N) is 1. The van der Waals surface area contributed by atoms with Crippen molar-refractivity contribution in [3.63, 3.8) is 0 Å². The molecule has 5 N–H and O–H groups in total. The third-order valence-corrected chi connectivity index (χ3v) is 12.2. The van der Waals surface area contributed by atoms with Gasteiger partial charge < -0.3 is 35.3 Å². The van der Waals surface area contributed by atoms with Crippen molar-refractivity contribution in [1.82, 2.24) is 33.6 Å². The van der Waals surface area contributed by atoms with Crippen LogP contribution in [0.2, 0.25) is 0 Å². The van der Waals surface area contributed by atoms with Crippen LogP contribution >= 0.6 is 38.1 Å². The van der Waals surface area contributed by atoms with Gasteiger partial charge in [-0.25, -0.2) is 29.1 Å². The molecule has 3 fully saturated rings. The Morgan fingerprint density at radius 3 is 2.44 bits per heavy atom. The number of hydrogen-bond acceptors (Lipinski definition) is 17. The maximum Gasteiger partial charge on any atom is 0.386 e. The molecule has 2 bridgehead atoms. The van der Waals surface area contributed by atoms with Crippen LogP contribution in [0.4, 0.5) is 5.82 Å². The van der Waals surface area contributed by atoms with Crippen LogP contribution in [0, 0.1) is 0 Å². The number of aliphatic hydroxyl groups excluding tert-OH is 2. The highest BCUT2D eigenvalue weighted by Crippen LogP contribution is 2.60. The molecule has 270 valence electrons. The summed E-state index contributed by atoms with van der Waals surface area (Å²) < 4.78 is 66.6. The van der Waals surface area contributed by atoms with Crippen molar-refractivity contribution in [3.8, 4) is 0 Å². The van der Waals surface area contributed by atoms with E-state index in [4.69, 9.17) is 33.3 Å². The smallest absolute Gasteiger partial charge is 0.386 e. The fourth-order valence-electron chi connectivity index (χ4n) is 6.71. The van der Waals surface area contributed by atoms with E-state index in [1.165, 1.54) is 28.1 Å². The SMILES string of the molecule is NCCn1cnc2c(ncn2[C@@H]2O[C@@H]3COP(=O)(S)O[C@H]4[C@@H](O)[C@H](n5cc6c7c(ncnc75)NCCC6)O[C@@H]4COP(=O)(S)O[C@@H]2[C@@H]3O)c1=O. The van der Waals surface area contributed by atoms with E-state index in [-0.39, 0.29) is 24.3 Å². The van der Waals surface area contributed by atoms with E-state index in [9.17, 15) is 24.1 Å². The first-order valence-corrected chi connectivity index (χ1v) is 21.0. The van der Waals surface area contributed by atoms with Crippen molar-refractivity contribution in [2.75, 3.05) is 31.6 Å². The minimum Gasteiger partial charge on any atom is -0.387 e. The molecule has 0 saturated carbocycles. The van der Waals surface area contributed by atoms with E-state index >= 15 is 0 Å². The Morgan fingerprint density at radius 2 is 1.66 bits per heavy atom. The summed E-state index contributed by atoms with van der Waals surface area (Å²) in [5.41, 5.74) is 6.63. The van der Waals surface area contributed by atoms with Gasteiger partial charge >= 0.3 is 13.6 Å². The van der Waals surface area contributed by atoms with Gasteiger partial charge in [0, 0.05) is 25.8 Å². The molecular formula is C26H33N9O11P2S2. The lowest BCUT2D eigenvalue weighted by Gasteiger charge is -2.26. The highest BCUT2D eigenvalue weighted by molar-refractivity contribution is 8.44. The summed E-state index contributed by atoms with van der Waals surface area (Å²) in [6.07, 6.45) is -3.35. The number of hydrogen-bond donors (Lipinski definition) is 6. The van der Waals surface area contributed by atoms with Crippen LogP contribution in [-0.2, 0) is 49.7 Å². The molecule has 10 atom stereocenters. The van der Waals surface area contributed by atoms with Crippen LogP contribution < -0.4 is 16.6 Å². The zero-order valence-electron chi connectivity index (χ0n) is 25.9.